The molecule has 4 atom stereocenters. The number of fused-ring (bicyclic) bond motifs is 4. The molecule has 1 aliphatic rings. The maximum atomic E-state index is 11.9. The number of benzene rings is 2. The Morgan fingerprint density at radius 2 is 1.61 bits per heavy atom. The molecule has 2 bridgehead atoms. The van der Waals surface area contributed by atoms with Crippen molar-refractivity contribution in [2.75, 3.05) is 14.1 Å². The minimum atomic E-state index is -0.294. The van der Waals surface area contributed by atoms with E-state index in [2.05, 4.69) is 0 Å². The molecule has 18 heavy (non-hydrogen) atoms. The molecule has 0 spiro atoms. The number of nitrogens with one attached hydrogen (secondary N) is 2. The first kappa shape index (κ1) is 11.6. The third-order valence-electron chi connectivity index (χ3n) is 3.82. The number of hydrogen-bond acceptors (Lipinski definition) is 2. The van der Waals surface area contributed by atoms with Crippen LogP contribution in [0.4, 0.5) is 0 Å². The van der Waals surface area contributed by atoms with Crippen LogP contribution in [-0.4, -0.2) is 14.1 Å². The molecule has 0 fully saturated rings. The van der Waals surface area contributed by atoms with E-state index < -0.39 is 0 Å². The van der Waals surface area contributed by atoms with Gasteiger partial charge in [0.05, 0.1) is 14.1 Å². The predicted octanol–water partition coefficient (Wildman–Crippen LogP) is -0.0394. The van der Waals surface area contributed by atoms with Crippen LogP contribution in [0.25, 0.3) is 10.8 Å². The molecule has 0 saturated heterocycles. The Bertz CT molecular complexity index is 595. The summed E-state index contributed by atoms with van der Waals surface area (Å²) in [6, 6.07) is 11.5. The van der Waals surface area contributed by atoms with Crippen molar-refractivity contribution in [2.24, 2.45) is 0 Å². The molecule has 94 valence electrons. The van der Waals surface area contributed by atoms with Gasteiger partial charge in [0, 0.05) is 11.1 Å². The van der Waals surface area contributed by atoms with Crippen LogP contribution in [0.15, 0.2) is 36.4 Å². The number of hydrogen-bond donors (Lipinski definition) is 2. The second kappa shape index (κ2) is 4.03. The van der Waals surface area contributed by atoms with Crippen molar-refractivity contribution < 1.29 is 10.1 Å². The molecule has 4 unspecified atom stereocenters. The summed E-state index contributed by atoms with van der Waals surface area (Å²) < 4.78 is 0. The third kappa shape index (κ3) is 1.54. The van der Waals surface area contributed by atoms with E-state index >= 15 is 0 Å². The van der Waals surface area contributed by atoms with E-state index in [9.17, 15) is 10.4 Å². The van der Waals surface area contributed by atoms with E-state index in [1.54, 1.807) is 14.1 Å². The van der Waals surface area contributed by atoms with E-state index in [0.29, 0.717) is 0 Å². The Hall–Kier alpha value is -1.46. The Labute approximate surface area is 106 Å². The third-order valence-corrected chi connectivity index (χ3v) is 3.82. The molecule has 0 heterocycles. The van der Waals surface area contributed by atoms with Crippen LogP contribution in [0.5, 0.6) is 0 Å². The highest BCUT2D eigenvalue weighted by atomic mass is 16.5. The predicted molar refractivity (Wildman–Crippen MR) is 69.9 cm³/mol. The number of hydroxylamine groups is 4. The van der Waals surface area contributed by atoms with Gasteiger partial charge in [-0.2, -0.15) is 0 Å². The smallest absolute Gasteiger partial charge is 0.170 e. The zero-order valence-corrected chi connectivity index (χ0v) is 10.4. The Morgan fingerprint density at radius 1 is 0.944 bits per heavy atom. The quantitative estimate of drug-likeness (QED) is 0.728. The van der Waals surface area contributed by atoms with Crippen LogP contribution in [0.3, 0.4) is 0 Å². The molecule has 0 radical (unpaired) electrons. The molecule has 2 aromatic carbocycles. The van der Waals surface area contributed by atoms with Crippen LogP contribution in [0.2, 0.25) is 0 Å². The lowest BCUT2D eigenvalue weighted by Gasteiger charge is -2.34. The summed E-state index contributed by atoms with van der Waals surface area (Å²) in [5, 5.41) is 26.1. The average molecular weight is 244 g/mol. The van der Waals surface area contributed by atoms with Gasteiger partial charge in [-0.1, -0.05) is 24.3 Å². The van der Waals surface area contributed by atoms with Crippen molar-refractivity contribution in [1.82, 2.24) is 0 Å². The zero-order valence-electron chi connectivity index (χ0n) is 10.4. The first-order chi connectivity index (χ1) is 8.59. The number of quaternary nitrogens is 2. The molecule has 0 amide bonds. The molecule has 0 aromatic heterocycles. The summed E-state index contributed by atoms with van der Waals surface area (Å²) >= 11 is 0. The summed E-state index contributed by atoms with van der Waals surface area (Å²) in [4.78, 5) is 0. The average Bonchev–Trinajstić information content (AvgIpc) is 2.64. The molecule has 0 aliphatic heterocycles. The van der Waals surface area contributed by atoms with Crippen LogP contribution < -0.4 is 10.1 Å². The lowest BCUT2D eigenvalue weighted by atomic mass is 10.0. The summed E-state index contributed by atoms with van der Waals surface area (Å²) in [6.07, 6.45) is 0. The largest absolute Gasteiger partial charge is 0.634 e. The minimum absolute atomic E-state index is 0.0699. The van der Waals surface area contributed by atoms with Gasteiger partial charge in [0.15, 0.2) is 12.1 Å². The van der Waals surface area contributed by atoms with Crippen molar-refractivity contribution in [2.45, 2.75) is 12.1 Å². The molecule has 1 aliphatic carbocycles. The van der Waals surface area contributed by atoms with Gasteiger partial charge in [0.1, 0.15) is 0 Å². The second-order valence-corrected chi connectivity index (χ2v) is 5.01. The standard InChI is InChI=1S/C14H16N2O2/c1-15(17)13-10-7-9-5-3-4-6-11(9)12(8-10)14(13)16(2)18/h3-8,13-16H,1-2H3. The molecule has 3 rings (SSSR count). The van der Waals surface area contributed by atoms with E-state index in [1.165, 1.54) is 0 Å². The summed E-state index contributed by atoms with van der Waals surface area (Å²) in [5.41, 5.74) is 1.99. The first-order valence-corrected chi connectivity index (χ1v) is 6.13. The maximum Gasteiger partial charge on any atom is 0.170 e. The van der Waals surface area contributed by atoms with Gasteiger partial charge < -0.3 is 20.5 Å². The van der Waals surface area contributed by atoms with Crippen molar-refractivity contribution in [3.05, 3.63) is 57.9 Å². The van der Waals surface area contributed by atoms with E-state index in [1.807, 2.05) is 36.4 Å². The lowest BCUT2D eigenvalue weighted by molar-refractivity contribution is -0.939. The molecule has 2 aromatic rings. The van der Waals surface area contributed by atoms with Gasteiger partial charge in [0.2, 0.25) is 0 Å². The monoisotopic (exact) mass is 244 g/mol. The van der Waals surface area contributed by atoms with E-state index in [-0.39, 0.29) is 22.2 Å². The molecule has 4 heteroatoms. The highest BCUT2D eigenvalue weighted by Gasteiger charge is 2.40. The van der Waals surface area contributed by atoms with Crippen LogP contribution in [0.1, 0.15) is 23.2 Å². The molecular formula is C14H16N2O2. The van der Waals surface area contributed by atoms with Crippen molar-refractivity contribution in [1.29, 1.82) is 0 Å². The molecule has 0 saturated carbocycles. The minimum Gasteiger partial charge on any atom is -0.634 e. The normalized spacial score (nSPS) is 25.3. The Balaban J connectivity index is 2.25. The maximum absolute atomic E-state index is 11.9. The molecule has 4 nitrogen and oxygen atoms in total. The summed E-state index contributed by atoms with van der Waals surface area (Å²) in [7, 11) is 3.15. The van der Waals surface area contributed by atoms with E-state index in [4.69, 9.17) is 0 Å². The lowest BCUT2D eigenvalue weighted by Crippen LogP contribution is -3.13. The van der Waals surface area contributed by atoms with Crippen LogP contribution in [0, 0.1) is 10.4 Å². The SMILES string of the molecule is C[NH+]([O-])C1c2cc(c3ccccc3c2)C1[NH+](C)[O-]. The van der Waals surface area contributed by atoms with Crippen LogP contribution in [-0.2, 0) is 0 Å². The number of rotatable bonds is 2. The first-order valence-electron chi connectivity index (χ1n) is 6.13. The fourth-order valence-corrected chi connectivity index (χ4v) is 3.10. The highest BCUT2D eigenvalue weighted by Crippen LogP contribution is 2.38. The van der Waals surface area contributed by atoms with Crippen molar-refractivity contribution in [3.8, 4) is 0 Å². The fourth-order valence-electron chi connectivity index (χ4n) is 3.10. The summed E-state index contributed by atoms with van der Waals surface area (Å²) in [6.45, 7) is 0. The number of likely N-dealkylation sites (N-methyl/N-ethyl adjacent to an activating group) is 2. The van der Waals surface area contributed by atoms with Crippen molar-refractivity contribution in [3.63, 3.8) is 0 Å². The van der Waals surface area contributed by atoms with Gasteiger partial charge >= 0.3 is 0 Å². The topological polar surface area (TPSA) is 55.0 Å². The van der Waals surface area contributed by atoms with Gasteiger partial charge in [-0.05, 0) is 22.9 Å². The molecular weight excluding hydrogens is 228 g/mol. The Kier molecular flexibility index (Phi) is 2.60. The van der Waals surface area contributed by atoms with Gasteiger partial charge in [-0.3, -0.25) is 0 Å². The second-order valence-electron chi connectivity index (χ2n) is 5.01. The Morgan fingerprint density at radius 3 is 2.28 bits per heavy atom. The zero-order chi connectivity index (χ0) is 12.9. The van der Waals surface area contributed by atoms with Gasteiger partial charge in [0.25, 0.3) is 0 Å². The molecule has 2 N–H and O–H groups in total. The van der Waals surface area contributed by atoms with Crippen LogP contribution >= 0.6 is 0 Å². The van der Waals surface area contributed by atoms with E-state index in [0.717, 1.165) is 21.9 Å². The summed E-state index contributed by atoms with van der Waals surface area (Å²) in [5.74, 6) is 0. The van der Waals surface area contributed by atoms with Gasteiger partial charge in [-0.15, -0.1) is 0 Å². The van der Waals surface area contributed by atoms with Crippen molar-refractivity contribution >= 4 is 10.8 Å². The fraction of sp³-hybridized carbons (Fsp3) is 0.286. The highest BCUT2D eigenvalue weighted by molar-refractivity contribution is 5.88. The van der Waals surface area contributed by atoms with Gasteiger partial charge in [-0.25, -0.2) is 0 Å².